The summed E-state index contributed by atoms with van der Waals surface area (Å²) >= 11 is 0. The highest BCUT2D eigenvalue weighted by Crippen LogP contribution is 2.32. The summed E-state index contributed by atoms with van der Waals surface area (Å²) in [5.74, 6) is 0.521. The van der Waals surface area contributed by atoms with Gasteiger partial charge in [0.1, 0.15) is 63.2 Å². The maximum absolute atomic E-state index is 13.7. The number of carbonyl (C=O) groups is 1. The first-order chi connectivity index (χ1) is 16.4. The molecule has 1 aliphatic rings. The highest BCUT2D eigenvalue weighted by Gasteiger charge is 2.38. The zero-order chi connectivity index (χ0) is 25.5. The molecular formula is C21H21B5F3N3O3. The molecule has 2 aromatic carbocycles. The fraction of sp³-hybridized carbons (Fsp3) is 0.190. The van der Waals surface area contributed by atoms with Gasteiger partial charge in [-0.3, -0.25) is 4.79 Å². The van der Waals surface area contributed by atoms with Crippen LogP contribution in [-0.2, 0) is 5.34 Å². The van der Waals surface area contributed by atoms with Crippen molar-refractivity contribution >= 4 is 61.5 Å². The highest BCUT2D eigenvalue weighted by atomic mass is 19.4. The fourth-order valence-electron chi connectivity index (χ4n) is 4.38. The van der Waals surface area contributed by atoms with E-state index in [-0.39, 0.29) is 11.7 Å². The second kappa shape index (κ2) is 9.05. The van der Waals surface area contributed by atoms with Gasteiger partial charge < -0.3 is 14.4 Å². The highest BCUT2D eigenvalue weighted by molar-refractivity contribution is 6.54. The van der Waals surface area contributed by atoms with Crippen LogP contribution in [0.2, 0.25) is 0 Å². The second-order valence-corrected chi connectivity index (χ2v) is 9.02. The Morgan fingerprint density at radius 1 is 1.00 bits per heavy atom. The summed E-state index contributed by atoms with van der Waals surface area (Å²) in [6, 6.07) is 8.61. The molecule has 0 N–H and O–H groups in total. The quantitative estimate of drug-likeness (QED) is 0.372. The Morgan fingerprint density at radius 2 is 1.69 bits per heavy atom. The normalized spacial score (nSPS) is 14.1. The van der Waals surface area contributed by atoms with E-state index >= 15 is 0 Å². The molecule has 0 saturated carbocycles. The van der Waals surface area contributed by atoms with Gasteiger partial charge in [-0.15, -0.1) is 13.2 Å². The Hall–Kier alpha value is -3.30. The van der Waals surface area contributed by atoms with Crippen molar-refractivity contribution in [2.45, 2.75) is 11.7 Å². The van der Waals surface area contributed by atoms with Crippen molar-refractivity contribution < 1.29 is 27.4 Å². The van der Waals surface area contributed by atoms with Gasteiger partial charge >= 0.3 is 6.36 Å². The molecule has 0 unspecified atom stereocenters. The monoisotopic (exact) mass is 475 g/mol. The van der Waals surface area contributed by atoms with E-state index in [9.17, 15) is 18.0 Å². The van der Waals surface area contributed by atoms with Gasteiger partial charge in [-0.1, -0.05) is 23.1 Å². The van der Waals surface area contributed by atoms with Gasteiger partial charge in [-0.05, 0) is 34.8 Å². The number of halogens is 3. The van der Waals surface area contributed by atoms with Crippen molar-refractivity contribution in [1.29, 1.82) is 0 Å². The Morgan fingerprint density at radius 3 is 2.34 bits per heavy atom. The van der Waals surface area contributed by atoms with Crippen molar-refractivity contribution in [2.75, 3.05) is 13.2 Å². The molecule has 6 nitrogen and oxygen atoms in total. The van der Waals surface area contributed by atoms with E-state index in [1.54, 1.807) is 71.2 Å². The minimum absolute atomic E-state index is 0.205. The summed E-state index contributed by atoms with van der Waals surface area (Å²) in [4.78, 5) is 24.1. The zero-order valence-corrected chi connectivity index (χ0v) is 20.2. The lowest BCUT2D eigenvalue weighted by Gasteiger charge is -2.36. The Labute approximate surface area is 205 Å². The standard InChI is InChI=1S/C21H21B5F3N3O3/c22-13-9-11(15(23)16(24)17(13)35-21(27,28)29)10-2-3-14-12(8-10)18(33)32(6-7-34-14)20(25,26)19-30-4-1-5-31-19/h1-5,8-9H,6-7,22-26H2. The lowest BCUT2D eigenvalue weighted by Crippen LogP contribution is -2.52. The lowest BCUT2D eigenvalue weighted by molar-refractivity contribution is -0.273. The molecule has 14 heteroatoms. The molecule has 1 amide bonds. The Balaban J connectivity index is 1.77. The Kier molecular flexibility index (Phi) is 6.42. The van der Waals surface area contributed by atoms with E-state index in [0.29, 0.717) is 57.8 Å². The van der Waals surface area contributed by atoms with Crippen LogP contribution in [0.3, 0.4) is 0 Å². The van der Waals surface area contributed by atoms with Crippen LogP contribution in [0.25, 0.3) is 11.1 Å². The molecule has 174 valence electrons. The molecule has 1 aromatic heterocycles. The van der Waals surface area contributed by atoms with Gasteiger partial charge in [-0.25, -0.2) is 9.97 Å². The van der Waals surface area contributed by atoms with E-state index in [1.807, 2.05) is 15.7 Å². The second-order valence-electron chi connectivity index (χ2n) is 9.02. The third-order valence-electron chi connectivity index (χ3n) is 6.37. The molecule has 0 atom stereocenters. The fourth-order valence-corrected chi connectivity index (χ4v) is 4.38. The number of fused-ring (bicyclic) bond motifs is 1. The number of aromatic nitrogens is 2. The molecule has 3 aromatic rings. The maximum Gasteiger partial charge on any atom is 0.573 e. The van der Waals surface area contributed by atoms with Gasteiger partial charge in [0.15, 0.2) is 0 Å². The molecular weight excluding hydrogens is 453 g/mol. The minimum atomic E-state index is -4.78. The van der Waals surface area contributed by atoms with Crippen molar-refractivity contribution in [1.82, 2.24) is 14.9 Å². The third kappa shape index (κ3) is 4.79. The predicted molar refractivity (Wildman–Crippen MR) is 140 cm³/mol. The number of amides is 1. The topological polar surface area (TPSA) is 64.6 Å². The summed E-state index contributed by atoms with van der Waals surface area (Å²) in [6.45, 7) is 0.643. The summed E-state index contributed by atoms with van der Waals surface area (Å²) in [6.07, 6.45) is -1.51. The van der Waals surface area contributed by atoms with Crippen molar-refractivity contribution in [2.24, 2.45) is 0 Å². The first kappa shape index (κ1) is 24.8. The molecule has 0 bridgehead atoms. The number of carbonyl (C=O) groups excluding carboxylic acids is 1. The van der Waals surface area contributed by atoms with Gasteiger partial charge in [0.05, 0.1) is 12.1 Å². The SMILES string of the molecule is Bc1cc(-c2ccc3c(c2)C(=O)N(C(B)(B)c2ncccn2)CCO3)c(B)c(B)c1OC(F)(F)F. The van der Waals surface area contributed by atoms with E-state index in [4.69, 9.17) is 4.74 Å². The number of ether oxygens (including phenoxy) is 2. The first-order valence-electron chi connectivity index (χ1n) is 11.1. The number of hydrogen-bond acceptors (Lipinski definition) is 5. The van der Waals surface area contributed by atoms with Crippen LogP contribution in [0.1, 0.15) is 16.2 Å². The molecule has 0 saturated heterocycles. The Bertz CT molecular complexity index is 1290. The zero-order valence-electron chi connectivity index (χ0n) is 20.2. The first-order valence-corrected chi connectivity index (χ1v) is 11.1. The molecule has 0 radical (unpaired) electrons. The van der Waals surface area contributed by atoms with Gasteiger partial charge in [0.25, 0.3) is 5.91 Å². The van der Waals surface area contributed by atoms with E-state index in [1.165, 1.54) is 0 Å². The molecule has 1 aliphatic heterocycles. The minimum Gasteiger partial charge on any atom is -0.491 e. The van der Waals surface area contributed by atoms with Crippen LogP contribution < -0.4 is 25.9 Å². The number of nitrogens with zero attached hydrogens (tertiary/aromatic N) is 3. The van der Waals surface area contributed by atoms with Crippen molar-refractivity contribution in [3.8, 4) is 22.6 Å². The number of benzene rings is 2. The van der Waals surface area contributed by atoms with Crippen LogP contribution >= 0.6 is 0 Å². The van der Waals surface area contributed by atoms with Gasteiger partial charge in [0.2, 0.25) is 0 Å². The van der Waals surface area contributed by atoms with E-state index in [2.05, 4.69) is 14.7 Å². The summed E-state index contributed by atoms with van der Waals surface area (Å²) in [5, 5.41) is -0.793. The van der Waals surface area contributed by atoms with Crippen molar-refractivity contribution in [3.05, 3.63) is 54.1 Å². The van der Waals surface area contributed by atoms with Crippen LogP contribution in [0.5, 0.6) is 11.5 Å². The smallest absolute Gasteiger partial charge is 0.491 e. The molecule has 0 spiro atoms. The predicted octanol–water partition coefficient (Wildman–Crippen LogP) is -3.27. The number of alkyl halides is 3. The summed E-state index contributed by atoms with van der Waals surface area (Å²) < 4.78 is 48.8. The van der Waals surface area contributed by atoms with Crippen LogP contribution in [-0.4, -0.2) is 79.5 Å². The number of hydrogen-bond donors (Lipinski definition) is 0. The van der Waals surface area contributed by atoms with Gasteiger partial charge in [0, 0.05) is 17.7 Å². The number of rotatable bonds is 4. The molecule has 0 fully saturated rings. The molecule has 0 aliphatic carbocycles. The lowest BCUT2D eigenvalue weighted by atomic mass is 9.59. The van der Waals surface area contributed by atoms with Crippen molar-refractivity contribution in [3.63, 3.8) is 0 Å². The van der Waals surface area contributed by atoms with Crippen LogP contribution in [0.15, 0.2) is 42.7 Å². The van der Waals surface area contributed by atoms with Crippen LogP contribution in [0, 0.1) is 0 Å². The summed E-state index contributed by atoms with van der Waals surface area (Å²) in [7, 11) is 8.66. The average molecular weight is 474 g/mol. The van der Waals surface area contributed by atoms with Crippen LogP contribution in [0.4, 0.5) is 13.2 Å². The van der Waals surface area contributed by atoms with E-state index in [0.717, 1.165) is 0 Å². The molecule has 4 rings (SSSR count). The third-order valence-corrected chi connectivity index (χ3v) is 6.37. The molecule has 2 heterocycles. The van der Waals surface area contributed by atoms with E-state index < -0.39 is 11.7 Å². The summed E-state index contributed by atoms with van der Waals surface area (Å²) in [5.41, 5.74) is 3.15. The maximum atomic E-state index is 13.7. The average Bonchev–Trinajstić information content (AvgIpc) is 2.98. The molecule has 35 heavy (non-hydrogen) atoms. The largest absolute Gasteiger partial charge is 0.573 e. The van der Waals surface area contributed by atoms with Gasteiger partial charge in [-0.2, -0.15) is 0 Å².